The van der Waals surface area contributed by atoms with Crippen LogP contribution >= 0.6 is 0 Å². The van der Waals surface area contributed by atoms with Gasteiger partial charge in [0.15, 0.2) is 0 Å². The first-order valence-corrected chi connectivity index (χ1v) is 13.3. The number of para-hydroxylation sites is 1. The summed E-state index contributed by atoms with van der Waals surface area (Å²) in [6.07, 6.45) is 5.92. The van der Waals surface area contributed by atoms with E-state index < -0.39 is 11.9 Å². The second-order valence-corrected chi connectivity index (χ2v) is 9.17. The van der Waals surface area contributed by atoms with Crippen LogP contribution in [0.2, 0.25) is 0 Å². The monoisotopic (exact) mass is 554 g/mol. The number of hydrogen-bond donors (Lipinski definition) is 2. The van der Waals surface area contributed by atoms with Crippen molar-refractivity contribution in [3.63, 3.8) is 0 Å². The number of nitrogens with zero attached hydrogens (tertiary/aromatic N) is 4. The molecule has 41 heavy (non-hydrogen) atoms. The van der Waals surface area contributed by atoms with E-state index in [0.717, 1.165) is 62.9 Å². The Hall–Kier alpha value is -4.87. The van der Waals surface area contributed by atoms with Gasteiger partial charge in [-0.1, -0.05) is 18.2 Å². The SMILES string of the molecule is O=C(C=CC(=O)OCCCN1CCOCC1)Nc1cc2c(Nc3ccc(Oc4ccccc4)cc3)ncnc2cn1. The molecule has 1 fully saturated rings. The van der Waals surface area contributed by atoms with Gasteiger partial charge in [-0.2, -0.15) is 0 Å². The van der Waals surface area contributed by atoms with Gasteiger partial charge >= 0.3 is 5.97 Å². The molecule has 2 aromatic carbocycles. The number of nitrogens with one attached hydrogen (secondary N) is 2. The molecular weight excluding hydrogens is 524 g/mol. The number of hydrogen-bond acceptors (Lipinski definition) is 10. The largest absolute Gasteiger partial charge is 0.462 e. The van der Waals surface area contributed by atoms with Crippen LogP contribution in [0.3, 0.4) is 0 Å². The molecule has 0 radical (unpaired) electrons. The summed E-state index contributed by atoms with van der Waals surface area (Å²) < 4.78 is 16.4. The van der Waals surface area contributed by atoms with Crippen LogP contribution in [0.5, 0.6) is 11.5 Å². The normalized spacial score (nSPS) is 13.7. The fraction of sp³-hybridized carbons (Fsp3) is 0.233. The molecular formula is C30H30N6O5. The van der Waals surface area contributed by atoms with Crippen LogP contribution in [0.15, 0.2) is 85.3 Å². The van der Waals surface area contributed by atoms with Crippen molar-refractivity contribution in [2.24, 2.45) is 0 Å². The second-order valence-electron chi connectivity index (χ2n) is 9.17. The molecule has 210 valence electrons. The lowest BCUT2D eigenvalue weighted by atomic mass is 10.2. The summed E-state index contributed by atoms with van der Waals surface area (Å²) in [5, 5.41) is 6.59. The maximum Gasteiger partial charge on any atom is 0.330 e. The zero-order chi connectivity index (χ0) is 28.3. The summed E-state index contributed by atoms with van der Waals surface area (Å²) >= 11 is 0. The Morgan fingerprint density at radius 2 is 1.73 bits per heavy atom. The van der Waals surface area contributed by atoms with Crippen LogP contribution in [0.4, 0.5) is 17.3 Å². The van der Waals surface area contributed by atoms with E-state index in [1.54, 1.807) is 12.3 Å². The molecule has 0 atom stereocenters. The van der Waals surface area contributed by atoms with Gasteiger partial charge in [0.05, 0.1) is 31.5 Å². The third-order valence-electron chi connectivity index (χ3n) is 6.21. The lowest BCUT2D eigenvalue weighted by Gasteiger charge is -2.26. The third-order valence-corrected chi connectivity index (χ3v) is 6.21. The Kier molecular flexibility index (Phi) is 9.43. The van der Waals surface area contributed by atoms with Crippen molar-refractivity contribution in [2.45, 2.75) is 6.42 Å². The molecule has 11 nitrogen and oxygen atoms in total. The first kappa shape index (κ1) is 27.7. The minimum atomic E-state index is -0.575. The minimum Gasteiger partial charge on any atom is -0.462 e. The van der Waals surface area contributed by atoms with Gasteiger partial charge in [0.2, 0.25) is 5.91 Å². The molecule has 1 amide bonds. The van der Waals surface area contributed by atoms with Gasteiger partial charge in [0.1, 0.15) is 29.5 Å². The van der Waals surface area contributed by atoms with Crippen molar-refractivity contribution in [1.82, 2.24) is 19.9 Å². The summed E-state index contributed by atoms with van der Waals surface area (Å²) in [5.74, 6) is 1.20. The van der Waals surface area contributed by atoms with Crippen LogP contribution in [0.25, 0.3) is 10.9 Å². The van der Waals surface area contributed by atoms with E-state index in [2.05, 4.69) is 30.5 Å². The number of fused-ring (bicyclic) bond motifs is 1. The number of carbonyl (C=O) groups is 2. The molecule has 0 bridgehead atoms. The molecule has 1 aliphatic heterocycles. The number of carbonyl (C=O) groups excluding carboxylic acids is 2. The Morgan fingerprint density at radius 3 is 2.54 bits per heavy atom. The van der Waals surface area contributed by atoms with Gasteiger partial charge in [0, 0.05) is 42.9 Å². The van der Waals surface area contributed by atoms with Gasteiger partial charge in [-0.15, -0.1) is 0 Å². The molecule has 0 unspecified atom stereocenters. The number of aromatic nitrogens is 3. The van der Waals surface area contributed by atoms with Gasteiger partial charge in [0.25, 0.3) is 0 Å². The maximum atomic E-state index is 12.4. The van der Waals surface area contributed by atoms with Gasteiger partial charge < -0.3 is 24.8 Å². The van der Waals surface area contributed by atoms with E-state index in [9.17, 15) is 9.59 Å². The number of amides is 1. The van der Waals surface area contributed by atoms with Crippen molar-refractivity contribution < 1.29 is 23.8 Å². The highest BCUT2D eigenvalue weighted by Gasteiger charge is 2.11. The van der Waals surface area contributed by atoms with Crippen molar-refractivity contribution in [1.29, 1.82) is 0 Å². The van der Waals surface area contributed by atoms with Gasteiger partial charge in [-0.25, -0.2) is 19.7 Å². The predicted molar refractivity (Wildman–Crippen MR) is 154 cm³/mol. The smallest absolute Gasteiger partial charge is 0.330 e. The summed E-state index contributed by atoms with van der Waals surface area (Å²) in [6.45, 7) is 4.36. The summed E-state index contributed by atoms with van der Waals surface area (Å²) in [7, 11) is 0. The highest BCUT2D eigenvalue weighted by molar-refractivity contribution is 6.03. The van der Waals surface area contributed by atoms with E-state index in [0.29, 0.717) is 22.5 Å². The zero-order valence-electron chi connectivity index (χ0n) is 22.4. The standard InChI is InChI=1S/C30H30N6O5/c37-28(11-12-29(38)40-16-4-13-36-14-17-39-18-15-36)35-27-19-25-26(20-31-27)32-21-33-30(25)34-22-7-9-24(10-8-22)41-23-5-2-1-3-6-23/h1-3,5-12,19-21H,4,13-18H2,(H,31,35,37)(H,32,33,34). The van der Waals surface area contributed by atoms with Crippen LogP contribution < -0.4 is 15.4 Å². The number of morpholine rings is 1. The van der Waals surface area contributed by atoms with E-state index in [1.807, 2.05) is 54.6 Å². The fourth-order valence-corrected chi connectivity index (χ4v) is 4.14. The highest BCUT2D eigenvalue weighted by atomic mass is 16.5. The molecule has 1 aliphatic rings. The topological polar surface area (TPSA) is 128 Å². The molecule has 5 rings (SSSR count). The number of ether oxygens (including phenoxy) is 3. The number of benzene rings is 2. The molecule has 4 aromatic rings. The van der Waals surface area contributed by atoms with Gasteiger partial charge in [-0.05, 0) is 48.9 Å². The van der Waals surface area contributed by atoms with E-state index in [4.69, 9.17) is 14.2 Å². The summed E-state index contributed by atoms with van der Waals surface area (Å²) in [6, 6.07) is 18.7. The first-order valence-electron chi connectivity index (χ1n) is 13.3. The molecule has 1 saturated heterocycles. The molecule has 2 N–H and O–H groups in total. The highest BCUT2D eigenvalue weighted by Crippen LogP contribution is 2.27. The van der Waals surface area contributed by atoms with Crippen molar-refractivity contribution >= 4 is 40.1 Å². The molecule has 11 heteroatoms. The summed E-state index contributed by atoms with van der Waals surface area (Å²) in [4.78, 5) is 39.5. The Labute approximate surface area is 237 Å². The van der Waals surface area contributed by atoms with E-state index in [1.165, 1.54) is 6.33 Å². The lowest BCUT2D eigenvalue weighted by Crippen LogP contribution is -2.37. The minimum absolute atomic E-state index is 0.285. The molecule has 0 saturated carbocycles. The Morgan fingerprint density at radius 1 is 0.951 bits per heavy atom. The van der Waals surface area contributed by atoms with E-state index in [-0.39, 0.29) is 12.4 Å². The molecule has 3 heterocycles. The third kappa shape index (κ3) is 8.31. The second kappa shape index (κ2) is 14.0. The average molecular weight is 555 g/mol. The number of anilines is 3. The average Bonchev–Trinajstić information content (AvgIpc) is 3.00. The molecule has 0 spiro atoms. The van der Waals surface area contributed by atoms with Crippen LogP contribution in [0.1, 0.15) is 6.42 Å². The van der Waals surface area contributed by atoms with Crippen molar-refractivity contribution in [3.8, 4) is 11.5 Å². The lowest BCUT2D eigenvalue weighted by molar-refractivity contribution is -0.138. The molecule has 2 aromatic heterocycles. The van der Waals surface area contributed by atoms with Crippen LogP contribution in [-0.2, 0) is 19.1 Å². The maximum absolute atomic E-state index is 12.4. The predicted octanol–water partition coefficient (Wildman–Crippen LogP) is 4.32. The first-order chi connectivity index (χ1) is 20.1. The van der Waals surface area contributed by atoms with Crippen molar-refractivity contribution in [2.75, 3.05) is 50.1 Å². The number of pyridine rings is 1. The Balaban J connectivity index is 1.14. The molecule has 0 aliphatic carbocycles. The zero-order valence-corrected chi connectivity index (χ0v) is 22.4. The quantitative estimate of drug-likeness (QED) is 0.157. The van der Waals surface area contributed by atoms with Gasteiger partial charge in [-0.3, -0.25) is 9.69 Å². The van der Waals surface area contributed by atoms with Crippen LogP contribution in [0, 0.1) is 0 Å². The van der Waals surface area contributed by atoms with Crippen LogP contribution in [-0.4, -0.2) is 71.2 Å². The fourth-order valence-electron chi connectivity index (χ4n) is 4.14. The summed E-state index contributed by atoms with van der Waals surface area (Å²) in [5.41, 5.74) is 1.39. The van der Waals surface area contributed by atoms with E-state index >= 15 is 0 Å². The van der Waals surface area contributed by atoms with Crippen molar-refractivity contribution in [3.05, 3.63) is 85.3 Å². The Bertz CT molecular complexity index is 1490. The number of esters is 1. The number of rotatable bonds is 11.